The zero-order valence-electron chi connectivity index (χ0n) is 14.4. The number of aryl methyl sites for hydroxylation is 1. The van der Waals surface area contributed by atoms with Crippen molar-refractivity contribution < 1.29 is 17.6 Å². The van der Waals surface area contributed by atoms with E-state index in [2.05, 4.69) is 10.0 Å². The van der Waals surface area contributed by atoms with Crippen LogP contribution in [0.4, 0.5) is 10.1 Å². The van der Waals surface area contributed by atoms with E-state index in [1.54, 1.807) is 11.3 Å². The van der Waals surface area contributed by atoms with Gasteiger partial charge in [-0.05, 0) is 77.3 Å². The molecule has 0 saturated carbocycles. The fourth-order valence-corrected chi connectivity index (χ4v) is 4.18. The molecular weight excluding hydrogens is 387 g/mol. The summed E-state index contributed by atoms with van der Waals surface area (Å²) in [6.45, 7) is 1.93. The Morgan fingerprint density at radius 1 is 1.11 bits per heavy atom. The van der Waals surface area contributed by atoms with E-state index in [1.807, 2.05) is 16.8 Å². The van der Waals surface area contributed by atoms with Crippen LogP contribution in [0.2, 0.25) is 0 Å². The van der Waals surface area contributed by atoms with Crippen LogP contribution in [0.15, 0.2) is 64.2 Å². The fourth-order valence-electron chi connectivity index (χ4n) is 2.37. The summed E-state index contributed by atoms with van der Waals surface area (Å²) in [5, 5.41) is 6.69. The second kappa shape index (κ2) is 7.89. The number of hydrogen-bond donors (Lipinski definition) is 2. The number of halogens is 1. The van der Waals surface area contributed by atoms with Crippen LogP contribution in [0.1, 0.15) is 21.5 Å². The summed E-state index contributed by atoms with van der Waals surface area (Å²) < 4.78 is 40.6. The molecule has 0 aliphatic carbocycles. The quantitative estimate of drug-likeness (QED) is 0.654. The molecule has 0 saturated heterocycles. The minimum absolute atomic E-state index is 0.0287. The summed E-state index contributed by atoms with van der Waals surface area (Å²) in [5.41, 5.74) is 2.00. The number of sulfonamides is 1. The lowest BCUT2D eigenvalue weighted by molar-refractivity contribution is 0.0951. The maximum atomic E-state index is 13.3. The monoisotopic (exact) mass is 404 g/mol. The van der Waals surface area contributed by atoms with Crippen molar-refractivity contribution >= 4 is 33.0 Å². The Morgan fingerprint density at radius 3 is 2.48 bits per heavy atom. The molecule has 3 aromatic rings. The number of nitrogens with one attached hydrogen (secondary N) is 2. The van der Waals surface area contributed by atoms with E-state index in [0.717, 1.165) is 11.6 Å². The van der Waals surface area contributed by atoms with E-state index < -0.39 is 15.8 Å². The van der Waals surface area contributed by atoms with Gasteiger partial charge < -0.3 is 5.32 Å². The van der Waals surface area contributed by atoms with Gasteiger partial charge in [0.1, 0.15) is 5.82 Å². The maximum Gasteiger partial charge on any atom is 0.261 e. The van der Waals surface area contributed by atoms with Gasteiger partial charge in [0.25, 0.3) is 15.9 Å². The van der Waals surface area contributed by atoms with Crippen molar-refractivity contribution in [3.63, 3.8) is 0 Å². The van der Waals surface area contributed by atoms with Crippen molar-refractivity contribution in [2.45, 2.75) is 18.4 Å². The SMILES string of the molecule is Cc1cc(S(=O)(=O)Nc2ccc(C(=O)NCc3ccsc3)cc2)ccc1F. The van der Waals surface area contributed by atoms with Crippen molar-refractivity contribution in [3.05, 3.63) is 81.8 Å². The Hall–Kier alpha value is -2.71. The Morgan fingerprint density at radius 2 is 1.85 bits per heavy atom. The number of carbonyl (C=O) groups excluding carboxylic acids is 1. The first-order chi connectivity index (χ1) is 12.8. The van der Waals surface area contributed by atoms with Crippen LogP contribution in [0.5, 0.6) is 0 Å². The van der Waals surface area contributed by atoms with Gasteiger partial charge in [-0.3, -0.25) is 9.52 Å². The molecule has 0 unspecified atom stereocenters. The molecule has 5 nitrogen and oxygen atoms in total. The lowest BCUT2D eigenvalue weighted by Gasteiger charge is -2.10. The third-order valence-electron chi connectivity index (χ3n) is 3.87. The molecule has 0 aliphatic rings. The zero-order chi connectivity index (χ0) is 19.4. The van der Waals surface area contributed by atoms with Crippen LogP contribution in [-0.2, 0) is 16.6 Å². The number of thiophene rings is 1. The van der Waals surface area contributed by atoms with E-state index in [-0.39, 0.29) is 16.4 Å². The molecule has 2 N–H and O–H groups in total. The molecule has 0 spiro atoms. The van der Waals surface area contributed by atoms with Crippen LogP contribution in [-0.4, -0.2) is 14.3 Å². The Kier molecular flexibility index (Phi) is 5.57. The molecule has 1 aromatic heterocycles. The predicted molar refractivity (Wildman–Crippen MR) is 104 cm³/mol. The van der Waals surface area contributed by atoms with E-state index in [0.29, 0.717) is 17.8 Å². The molecule has 1 heterocycles. The summed E-state index contributed by atoms with van der Waals surface area (Å²) in [6, 6.07) is 11.6. The topological polar surface area (TPSA) is 75.3 Å². The molecule has 1 amide bonds. The Balaban J connectivity index is 1.67. The second-order valence-electron chi connectivity index (χ2n) is 5.91. The second-order valence-corrected chi connectivity index (χ2v) is 8.37. The van der Waals surface area contributed by atoms with Crippen molar-refractivity contribution in [2.75, 3.05) is 4.72 Å². The summed E-state index contributed by atoms with van der Waals surface area (Å²) >= 11 is 1.56. The molecule has 0 aliphatic heterocycles. The zero-order valence-corrected chi connectivity index (χ0v) is 16.0. The van der Waals surface area contributed by atoms with E-state index in [9.17, 15) is 17.6 Å². The summed E-state index contributed by atoms with van der Waals surface area (Å²) in [6.07, 6.45) is 0. The number of anilines is 1. The molecule has 8 heteroatoms. The molecule has 0 bridgehead atoms. The lowest BCUT2D eigenvalue weighted by Crippen LogP contribution is -2.22. The van der Waals surface area contributed by atoms with Gasteiger partial charge in [-0.1, -0.05) is 0 Å². The molecule has 2 aromatic carbocycles. The van der Waals surface area contributed by atoms with E-state index in [1.165, 1.54) is 43.3 Å². The smallest absolute Gasteiger partial charge is 0.261 e. The molecular formula is C19H17FN2O3S2. The largest absolute Gasteiger partial charge is 0.348 e. The van der Waals surface area contributed by atoms with Gasteiger partial charge in [-0.15, -0.1) is 0 Å². The highest BCUT2D eigenvalue weighted by Gasteiger charge is 2.16. The van der Waals surface area contributed by atoms with Crippen molar-refractivity contribution in [3.8, 4) is 0 Å². The van der Waals surface area contributed by atoms with Gasteiger partial charge in [0.05, 0.1) is 4.90 Å². The summed E-state index contributed by atoms with van der Waals surface area (Å²) in [5.74, 6) is -0.712. The van der Waals surface area contributed by atoms with E-state index in [4.69, 9.17) is 0 Å². The van der Waals surface area contributed by atoms with Crippen molar-refractivity contribution in [1.29, 1.82) is 0 Å². The summed E-state index contributed by atoms with van der Waals surface area (Å²) in [4.78, 5) is 12.1. The molecule has 0 fully saturated rings. The number of amides is 1. The van der Waals surface area contributed by atoms with Gasteiger partial charge in [-0.25, -0.2) is 12.8 Å². The first-order valence-electron chi connectivity index (χ1n) is 8.03. The lowest BCUT2D eigenvalue weighted by atomic mass is 10.2. The number of hydrogen-bond acceptors (Lipinski definition) is 4. The molecule has 0 radical (unpaired) electrons. The minimum atomic E-state index is -3.84. The number of rotatable bonds is 6. The van der Waals surface area contributed by atoms with Crippen LogP contribution in [0.25, 0.3) is 0 Å². The normalized spacial score (nSPS) is 11.2. The molecule has 27 heavy (non-hydrogen) atoms. The average Bonchev–Trinajstić information content (AvgIpc) is 3.16. The first kappa shape index (κ1) is 19.1. The first-order valence-corrected chi connectivity index (χ1v) is 10.5. The Bertz CT molecular complexity index is 1050. The molecule has 3 rings (SSSR count). The predicted octanol–water partition coefficient (Wildman–Crippen LogP) is 3.93. The standard InChI is InChI=1S/C19H17FN2O3S2/c1-13-10-17(6-7-18(13)20)27(24,25)22-16-4-2-15(3-5-16)19(23)21-11-14-8-9-26-12-14/h2-10,12,22H,11H2,1H3,(H,21,23). The number of benzene rings is 2. The molecule has 0 atom stereocenters. The van der Waals surface area contributed by atoms with Gasteiger partial charge in [-0.2, -0.15) is 11.3 Å². The average molecular weight is 404 g/mol. The number of carbonyl (C=O) groups is 1. The van der Waals surface area contributed by atoms with Gasteiger partial charge >= 0.3 is 0 Å². The summed E-state index contributed by atoms with van der Waals surface area (Å²) in [7, 11) is -3.84. The van der Waals surface area contributed by atoms with Crippen LogP contribution in [0, 0.1) is 12.7 Å². The van der Waals surface area contributed by atoms with Crippen molar-refractivity contribution in [1.82, 2.24) is 5.32 Å². The molecule has 140 valence electrons. The van der Waals surface area contributed by atoms with E-state index >= 15 is 0 Å². The van der Waals surface area contributed by atoms with Crippen LogP contribution >= 0.6 is 11.3 Å². The van der Waals surface area contributed by atoms with Crippen LogP contribution in [0.3, 0.4) is 0 Å². The fraction of sp³-hybridized carbons (Fsp3) is 0.105. The highest BCUT2D eigenvalue weighted by molar-refractivity contribution is 7.92. The highest BCUT2D eigenvalue weighted by Crippen LogP contribution is 2.19. The Labute approximate surface area is 160 Å². The third kappa shape index (κ3) is 4.72. The van der Waals surface area contributed by atoms with Crippen LogP contribution < -0.4 is 10.0 Å². The highest BCUT2D eigenvalue weighted by atomic mass is 32.2. The van der Waals surface area contributed by atoms with Gasteiger partial charge in [0.2, 0.25) is 0 Å². The van der Waals surface area contributed by atoms with Gasteiger partial charge in [0.15, 0.2) is 0 Å². The third-order valence-corrected chi connectivity index (χ3v) is 5.98. The maximum absolute atomic E-state index is 13.3. The minimum Gasteiger partial charge on any atom is -0.348 e. The van der Waals surface area contributed by atoms with Gasteiger partial charge in [0, 0.05) is 17.8 Å². The van der Waals surface area contributed by atoms with Crippen molar-refractivity contribution in [2.24, 2.45) is 0 Å².